The Bertz CT molecular complexity index is 600. The summed E-state index contributed by atoms with van der Waals surface area (Å²) in [6, 6.07) is 19.6. The van der Waals surface area contributed by atoms with Gasteiger partial charge in [0, 0.05) is 0 Å². The molecule has 0 atom stereocenters. The molecule has 17 heavy (non-hydrogen) atoms. The molecular weight excluding hydrogens is 208 g/mol. The molecule has 0 aromatic heterocycles. The van der Waals surface area contributed by atoms with Gasteiger partial charge in [0.1, 0.15) is 6.01 Å². The van der Waals surface area contributed by atoms with Gasteiger partial charge in [0.25, 0.3) is 0 Å². The first-order valence-corrected chi connectivity index (χ1v) is 5.17. The van der Waals surface area contributed by atoms with Crippen molar-refractivity contribution in [3.8, 4) is 12.3 Å². The Balaban J connectivity index is 2.27. The summed E-state index contributed by atoms with van der Waals surface area (Å²) >= 11 is 0. The standard InChI is InChI=1S/C15H10N2/c1-2-13-8-6-7-11-15(13)17-12-16-14-9-4-3-5-10-14/h1,3-11H. The number of hydrogen-bond acceptors (Lipinski definition) is 2. The Hall–Kier alpha value is -2.62. The predicted octanol–water partition coefficient (Wildman–Crippen LogP) is 3.81. The molecule has 0 spiro atoms. The molecule has 0 bridgehead atoms. The smallest absolute Gasteiger partial charge is 0.101 e. The number of hydrogen-bond donors (Lipinski definition) is 0. The van der Waals surface area contributed by atoms with Gasteiger partial charge in [-0.25, -0.2) is 0 Å². The summed E-state index contributed by atoms with van der Waals surface area (Å²) in [5.41, 5.74) is 2.26. The van der Waals surface area contributed by atoms with Gasteiger partial charge in [0.2, 0.25) is 0 Å². The van der Waals surface area contributed by atoms with E-state index in [1.165, 1.54) is 0 Å². The van der Waals surface area contributed by atoms with E-state index in [0.717, 1.165) is 11.3 Å². The fourth-order valence-electron chi connectivity index (χ4n) is 1.33. The van der Waals surface area contributed by atoms with Crippen LogP contribution in [0.25, 0.3) is 0 Å². The van der Waals surface area contributed by atoms with Crippen molar-refractivity contribution in [2.45, 2.75) is 0 Å². The summed E-state index contributed by atoms with van der Waals surface area (Å²) in [6.45, 7) is 0. The molecule has 0 heterocycles. The second kappa shape index (κ2) is 5.46. The van der Waals surface area contributed by atoms with Crippen LogP contribution >= 0.6 is 0 Å². The van der Waals surface area contributed by atoms with E-state index in [9.17, 15) is 0 Å². The fraction of sp³-hybridized carbons (Fsp3) is 0. The van der Waals surface area contributed by atoms with Gasteiger partial charge >= 0.3 is 0 Å². The lowest BCUT2D eigenvalue weighted by Gasteiger charge is -1.93. The minimum Gasteiger partial charge on any atom is -0.188 e. The largest absolute Gasteiger partial charge is 0.188 e. The van der Waals surface area contributed by atoms with Crippen LogP contribution in [0.5, 0.6) is 0 Å². The van der Waals surface area contributed by atoms with Crippen molar-refractivity contribution >= 4 is 17.4 Å². The molecule has 2 aromatic rings. The highest BCUT2D eigenvalue weighted by Crippen LogP contribution is 2.16. The zero-order chi connectivity index (χ0) is 11.9. The van der Waals surface area contributed by atoms with Crippen LogP contribution in [-0.4, -0.2) is 6.01 Å². The van der Waals surface area contributed by atoms with E-state index in [2.05, 4.69) is 21.9 Å². The SMILES string of the molecule is C#Cc1ccccc1N=C=Nc1ccccc1. The predicted molar refractivity (Wildman–Crippen MR) is 70.0 cm³/mol. The minimum atomic E-state index is 0.703. The monoisotopic (exact) mass is 218 g/mol. The maximum absolute atomic E-state index is 5.37. The second-order valence-electron chi connectivity index (χ2n) is 3.32. The molecular formula is C15H10N2. The first-order valence-electron chi connectivity index (χ1n) is 5.17. The number of aliphatic imine (C=N–C) groups is 2. The Morgan fingerprint density at radius 3 is 2.29 bits per heavy atom. The van der Waals surface area contributed by atoms with E-state index in [1.807, 2.05) is 54.6 Å². The van der Waals surface area contributed by atoms with Crippen molar-refractivity contribution in [1.29, 1.82) is 0 Å². The van der Waals surface area contributed by atoms with Crippen molar-refractivity contribution in [2.24, 2.45) is 9.98 Å². The fourth-order valence-corrected chi connectivity index (χ4v) is 1.33. The van der Waals surface area contributed by atoms with E-state index in [4.69, 9.17) is 6.42 Å². The first kappa shape index (κ1) is 10.9. The van der Waals surface area contributed by atoms with Crippen molar-refractivity contribution in [2.75, 3.05) is 0 Å². The lowest BCUT2D eigenvalue weighted by molar-refractivity contribution is 1.48. The summed E-state index contributed by atoms with van der Waals surface area (Å²) in [6.07, 6.45) is 5.37. The third-order valence-corrected chi connectivity index (χ3v) is 2.17. The molecule has 0 amide bonds. The Kier molecular flexibility index (Phi) is 3.50. The maximum Gasteiger partial charge on any atom is 0.101 e. The average Bonchev–Trinajstić information content (AvgIpc) is 2.40. The quantitative estimate of drug-likeness (QED) is 0.541. The highest BCUT2D eigenvalue weighted by molar-refractivity contribution is 5.62. The molecule has 0 fully saturated rings. The molecule has 2 rings (SSSR count). The molecule has 0 radical (unpaired) electrons. The van der Waals surface area contributed by atoms with Gasteiger partial charge in [0.05, 0.1) is 16.9 Å². The number of para-hydroxylation sites is 2. The third-order valence-electron chi connectivity index (χ3n) is 2.17. The first-order chi connectivity index (χ1) is 8.40. The minimum absolute atomic E-state index is 0.703. The highest BCUT2D eigenvalue weighted by Gasteiger charge is 1.93. The van der Waals surface area contributed by atoms with Crippen molar-refractivity contribution < 1.29 is 0 Å². The van der Waals surface area contributed by atoms with E-state index in [-0.39, 0.29) is 0 Å². The Morgan fingerprint density at radius 1 is 0.824 bits per heavy atom. The summed E-state index contributed by atoms with van der Waals surface area (Å²) in [7, 11) is 0. The molecule has 2 heteroatoms. The lowest BCUT2D eigenvalue weighted by atomic mass is 10.2. The molecule has 0 aliphatic rings. The zero-order valence-corrected chi connectivity index (χ0v) is 9.17. The number of terminal acetylenes is 1. The van der Waals surface area contributed by atoms with Crippen molar-refractivity contribution in [3.05, 3.63) is 60.2 Å². The number of nitrogens with zero attached hydrogens (tertiary/aromatic N) is 2. The van der Waals surface area contributed by atoms with Crippen LogP contribution in [0.3, 0.4) is 0 Å². The topological polar surface area (TPSA) is 24.7 Å². The van der Waals surface area contributed by atoms with Crippen LogP contribution in [0.2, 0.25) is 0 Å². The van der Waals surface area contributed by atoms with Crippen molar-refractivity contribution in [3.63, 3.8) is 0 Å². The molecule has 0 aliphatic heterocycles. The molecule has 0 unspecified atom stereocenters. The van der Waals surface area contributed by atoms with Gasteiger partial charge < -0.3 is 0 Å². The molecule has 2 aromatic carbocycles. The maximum atomic E-state index is 5.37. The highest BCUT2D eigenvalue weighted by atomic mass is 14.8. The molecule has 2 nitrogen and oxygen atoms in total. The van der Waals surface area contributed by atoms with Crippen LogP contribution in [0, 0.1) is 12.3 Å². The van der Waals surface area contributed by atoms with Gasteiger partial charge in [-0.15, -0.1) is 6.42 Å². The molecule has 80 valence electrons. The lowest BCUT2D eigenvalue weighted by Crippen LogP contribution is -1.73. The number of benzene rings is 2. The van der Waals surface area contributed by atoms with Crippen LogP contribution in [0.4, 0.5) is 11.4 Å². The van der Waals surface area contributed by atoms with Crippen LogP contribution in [-0.2, 0) is 0 Å². The van der Waals surface area contributed by atoms with Crippen LogP contribution in [0.15, 0.2) is 64.6 Å². The summed E-state index contributed by atoms with van der Waals surface area (Å²) in [5, 5.41) is 0. The van der Waals surface area contributed by atoms with E-state index >= 15 is 0 Å². The van der Waals surface area contributed by atoms with Gasteiger partial charge in [0.15, 0.2) is 0 Å². The van der Waals surface area contributed by atoms with Crippen molar-refractivity contribution in [1.82, 2.24) is 0 Å². The van der Waals surface area contributed by atoms with Gasteiger partial charge in [-0.3, -0.25) is 0 Å². The van der Waals surface area contributed by atoms with E-state index in [0.29, 0.717) is 5.69 Å². The Labute approximate surface area is 100 Å². The normalized spacial score (nSPS) is 8.88. The van der Waals surface area contributed by atoms with Crippen LogP contribution < -0.4 is 0 Å². The van der Waals surface area contributed by atoms with Gasteiger partial charge in [-0.2, -0.15) is 9.98 Å². The third kappa shape index (κ3) is 2.92. The molecule has 0 saturated carbocycles. The Morgan fingerprint density at radius 2 is 1.53 bits per heavy atom. The summed E-state index contributed by atoms with van der Waals surface area (Å²) in [5.74, 6) is 2.57. The zero-order valence-electron chi connectivity index (χ0n) is 9.17. The summed E-state index contributed by atoms with van der Waals surface area (Å²) < 4.78 is 0. The van der Waals surface area contributed by atoms with E-state index < -0.39 is 0 Å². The summed E-state index contributed by atoms with van der Waals surface area (Å²) in [4.78, 5) is 8.20. The average molecular weight is 218 g/mol. The van der Waals surface area contributed by atoms with Gasteiger partial charge in [-0.1, -0.05) is 36.3 Å². The second-order valence-corrected chi connectivity index (χ2v) is 3.32. The molecule has 0 saturated heterocycles. The molecule has 0 N–H and O–H groups in total. The van der Waals surface area contributed by atoms with Gasteiger partial charge in [-0.05, 0) is 24.3 Å². The number of rotatable bonds is 2. The van der Waals surface area contributed by atoms with Crippen LogP contribution in [0.1, 0.15) is 5.56 Å². The molecule has 0 aliphatic carbocycles. The van der Waals surface area contributed by atoms with E-state index in [1.54, 1.807) is 0 Å².